The van der Waals surface area contributed by atoms with E-state index in [0.29, 0.717) is 47.7 Å². The summed E-state index contributed by atoms with van der Waals surface area (Å²) in [6.07, 6.45) is 12.1. The molecule has 152 valence electrons. The number of aromatic nitrogens is 3. The molecule has 0 aromatic carbocycles. The fourth-order valence-electron chi connectivity index (χ4n) is 4.60. The molecule has 2 aromatic heterocycles. The maximum absolute atomic E-state index is 8.92. The summed E-state index contributed by atoms with van der Waals surface area (Å²) in [5.74, 6) is 1.53. The van der Waals surface area contributed by atoms with Crippen molar-refractivity contribution in [2.75, 3.05) is 11.9 Å². The van der Waals surface area contributed by atoms with E-state index < -0.39 is 0 Å². The van der Waals surface area contributed by atoms with Crippen molar-refractivity contribution in [2.45, 2.75) is 57.2 Å². The zero-order valence-electron chi connectivity index (χ0n) is 16.6. The number of nitrogens with zero attached hydrogens (tertiary/aromatic N) is 6. The highest BCUT2D eigenvalue weighted by Crippen LogP contribution is 2.37. The van der Waals surface area contributed by atoms with Crippen molar-refractivity contribution in [1.82, 2.24) is 19.3 Å². The van der Waals surface area contributed by atoms with Gasteiger partial charge in [0, 0.05) is 49.2 Å². The second-order valence-electron chi connectivity index (χ2n) is 7.87. The van der Waals surface area contributed by atoms with Gasteiger partial charge in [-0.05, 0) is 38.7 Å². The Kier molecular flexibility index (Phi) is 5.36. The molecule has 0 radical (unpaired) electrons. The molecule has 1 unspecified atom stereocenters. The van der Waals surface area contributed by atoms with Gasteiger partial charge in [-0.2, -0.15) is 5.26 Å². The van der Waals surface area contributed by atoms with Crippen LogP contribution in [0.5, 0.6) is 0 Å². The second kappa shape index (κ2) is 8.09. The number of hydrogen-bond donors (Lipinski definition) is 3. The van der Waals surface area contributed by atoms with E-state index in [4.69, 9.17) is 16.7 Å². The third-order valence-electron chi connectivity index (χ3n) is 5.69. The van der Waals surface area contributed by atoms with Gasteiger partial charge in [0.1, 0.15) is 5.84 Å². The topological polar surface area (TPSA) is 134 Å². The first-order chi connectivity index (χ1) is 14.0. The minimum atomic E-state index is 0.312. The van der Waals surface area contributed by atoms with Gasteiger partial charge in [0.25, 0.3) is 0 Å². The summed E-state index contributed by atoms with van der Waals surface area (Å²) >= 11 is 0. The summed E-state index contributed by atoms with van der Waals surface area (Å²) in [7, 11) is 0. The first-order valence-corrected chi connectivity index (χ1v) is 10.0. The number of allylic oxidation sites excluding steroid dienone is 1. The number of anilines is 1. The number of aliphatic imine (C=N–C) groups is 1. The van der Waals surface area contributed by atoms with Crippen LogP contribution in [0.15, 0.2) is 35.4 Å². The average molecular weight is 393 g/mol. The number of nitriles is 1. The molecular weight excluding hydrogens is 366 g/mol. The maximum Gasteiger partial charge on any atom is 0.180 e. The lowest BCUT2D eigenvalue weighted by molar-refractivity contribution is 0.136. The van der Waals surface area contributed by atoms with Crippen LogP contribution < -0.4 is 16.8 Å². The predicted octanol–water partition coefficient (Wildman–Crippen LogP) is 1.90. The highest BCUT2D eigenvalue weighted by Gasteiger charge is 2.40. The number of piperidine rings is 1. The maximum atomic E-state index is 8.92. The molecule has 3 atom stereocenters. The van der Waals surface area contributed by atoms with Crippen molar-refractivity contribution in [3.8, 4) is 6.07 Å². The van der Waals surface area contributed by atoms with Crippen molar-refractivity contribution < 1.29 is 0 Å². The second-order valence-corrected chi connectivity index (χ2v) is 7.87. The molecule has 4 heterocycles. The Morgan fingerprint density at radius 2 is 2.14 bits per heavy atom. The van der Waals surface area contributed by atoms with E-state index in [1.165, 1.54) is 12.8 Å². The molecule has 2 aliphatic heterocycles. The number of imidazole rings is 1. The largest absolute Gasteiger partial charge is 0.402 e. The van der Waals surface area contributed by atoms with Crippen LogP contribution in [0.1, 0.15) is 39.0 Å². The Morgan fingerprint density at radius 1 is 1.38 bits per heavy atom. The molecule has 0 aliphatic carbocycles. The molecule has 0 spiro atoms. The molecule has 0 amide bonds. The fraction of sp³-hybridized carbons (Fsp3) is 0.500. The van der Waals surface area contributed by atoms with E-state index in [1.54, 1.807) is 25.4 Å². The van der Waals surface area contributed by atoms with Crippen LogP contribution >= 0.6 is 0 Å². The van der Waals surface area contributed by atoms with Crippen LogP contribution in [0.4, 0.5) is 11.6 Å². The normalized spacial score (nSPS) is 25.3. The standard InChI is InChI=1S/C20H27N9/c1-13(22)9-17(23)26-18-12-28-8-6-24-20(28)19(27-18)25-14-10-15-3-4-16(11-14)29(15)7-2-5-21/h6,8-9,12,14-16H,2-4,7,10-11,22H2,1H3,(H2,23,26)(H,25,27)/b13-9-/t14?,15-,16+. The van der Waals surface area contributed by atoms with Crippen LogP contribution in [0.3, 0.4) is 0 Å². The number of amidine groups is 1. The van der Waals surface area contributed by atoms with Gasteiger partial charge in [0.15, 0.2) is 17.3 Å². The molecule has 9 heteroatoms. The molecule has 2 bridgehead atoms. The highest BCUT2D eigenvalue weighted by molar-refractivity contribution is 5.93. The molecule has 29 heavy (non-hydrogen) atoms. The Labute approximate surface area is 170 Å². The van der Waals surface area contributed by atoms with Gasteiger partial charge in [0.05, 0.1) is 12.3 Å². The van der Waals surface area contributed by atoms with E-state index in [0.717, 1.165) is 25.0 Å². The summed E-state index contributed by atoms with van der Waals surface area (Å²) in [4.78, 5) is 16.0. The lowest BCUT2D eigenvalue weighted by Gasteiger charge is -2.39. The first-order valence-electron chi connectivity index (χ1n) is 10.0. The Balaban J connectivity index is 1.55. The van der Waals surface area contributed by atoms with E-state index in [2.05, 4.69) is 31.2 Å². The SMILES string of the molecule is C/C(N)=C/C(N)=Nc1cn2ccnc2c(NC2C[C@H]3CC[C@@H](C2)N3CCC#N)n1. The van der Waals surface area contributed by atoms with Crippen molar-refractivity contribution in [3.05, 3.63) is 30.4 Å². The van der Waals surface area contributed by atoms with Gasteiger partial charge in [-0.25, -0.2) is 15.0 Å². The number of rotatable bonds is 6. The lowest BCUT2D eigenvalue weighted by Crippen LogP contribution is -2.47. The van der Waals surface area contributed by atoms with Gasteiger partial charge in [-0.3, -0.25) is 4.90 Å². The number of fused-ring (bicyclic) bond motifs is 3. The summed E-state index contributed by atoms with van der Waals surface area (Å²) in [5, 5.41) is 12.5. The van der Waals surface area contributed by atoms with Gasteiger partial charge in [0.2, 0.25) is 0 Å². The van der Waals surface area contributed by atoms with Gasteiger partial charge in [-0.15, -0.1) is 0 Å². The van der Waals surface area contributed by atoms with Crippen LogP contribution in [-0.4, -0.2) is 49.8 Å². The van der Waals surface area contributed by atoms with E-state index in [1.807, 2.05) is 10.6 Å². The molecule has 2 fully saturated rings. The molecule has 2 aliphatic rings. The molecule has 5 N–H and O–H groups in total. The van der Waals surface area contributed by atoms with Crippen LogP contribution in [-0.2, 0) is 0 Å². The van der Waals surface area contributed by atoms with Gasteiger partial charge >= 0.3 is 0 Å². The minimum Gasteiger partial charge on any atom is -0.402 e. The number of nitrogens with one attached hydrogen (secondary N) is 1. The molecular formula is C20H27N9. The van der Waals surface area contributed by atoms with E-state index in [-0.39, 0.29) is 0 Å². The summed E-state index contributed by atoms with van der Waals surface area (Å²) < 4.78 is 1.90. The van der Waals surface area contributed by atoms with Gasteiger partial charge < -0.3 is 21.2 Å². The van der Waals surface area contributed by atoms with Crippen LogP contribution in [0, 0.1) is 11.3 Å². The zero-order valence-corrected chi connectivity index (χ0v) is 16.6. The number of nitrogens with two attached hydrogens (primary N) is 2. The predicted molar refractivity (Wildman–Crippen MR) is 113 cm³/mol. The first kappa shape index (κ1) is 19.2. The zero-order chi connectivity index (χ0) is 20.4. The van der Waals surface area contributed by atoms with Gasteiger partial charge in [-0.1, -0.05) is 0 Å². The van der Waals surface area contributed by atoms with Crippen molar-refractivity contribution in [1.29, 1.82) is 5.26 Å². The summed E-state index contributed by atoms with van der Waals surface area (Å²) in [6.45, 7) is 2.64. The lowest BCUT2D eigenvalue weighted by atomic mass is 9.97. The monoisotopic (exact) mass is 393 g/mol. The van der Waals surface area contributed by atoms with E-state index in [9.17, 15) is 0 Å². The fourth-order valence-corrected chi connectivity index (χ4v) is 4.60. The number of hydrogen-bond acceptors (Lipinski definition) is 7. The molecule has 2 aromatic rings. The molecule has 2 saturated heterocycles. The molecule has 4 rings (SSSR count). The van der Waals surface area contributed by atoms with Crippen LogP contribution in [0.25, 0.3) is 5.65 Å². The minimum absolute atomic E-state index is 0.312. The average Bonchev–Trinajstić information content (AvgIpc) is 3.21. The quantitative estimate of drug-likeness (QED) is 0.504. The van der Waals surface area contributed by atoms with Crippen molar-refractivity contribution >= 4 is 23.1 Å². The summed E-state index contributed by atoms with van der Waals surface area (Å²) in [6, 6.07) is 3.66. The third kappa shape index (κ3) is 4.17. The van der Waals surface area contributed by atoms with Crippen molar-refractivity contribution in [3.63, 3.8) is 0 Å². The highest BCUT2D eigenvalue weighted by atomic mass is 15.2. The van der Waals surface area contributed by atoms with Crippen LogP contribution in [0.2, 0.25) is 0 Å². The Bertz CT molecular complexity index is 965. The van der Waals surface area contributed by atoms with Crippen molar-refractivity contribution in [2.24, 2.45) is 16.5 Å². The molecule has 9 nitrogen and oxygen atoms in total. The molecule has 0 saturated carbocycles. The Hall–Kier alpha value is -3.12. The third-order valence-corrected chi connectivity index (χ3v) is 5.69. The summed E-state index contributed by atoms with van der Waals surface area (Å²) in [5.41, 5.74) is 13.0. The smallest absolute Gasteiger partial charge is 0.180 e. The Morgan fingerprint density at radius 3 is 2.83 bits per heavy atom. The van der Waals surface area contributed by atoms with E-state index >= 15 is 0 Å².